The van der Waals surface area contributed by atoms with Gasteiger partial charge in [0, 0.05) is 24.8 Å². The van der Waals surface area contributed by atoms with E-state index in [1.165, 1.54) is 0 Å². The number of hydrogen-bond acceptors (Lipinski definition) is 4. The van der Waals surface area contributed by atoms with Crippen molar-refractivity contribution in [2.45, 2.75) is 19.3 Å². The lowest BCUT2D eigenvalue weighted by molar-refractivity contribution is -0.137. The van der Waals surface area contributed by atoms with Crippen LogP contribution in [-0.4, -0.2) is 42.6 Å². The first kappa shape index (κ1) is 17.0. The lowest BCUT2D eigenvalue weighted by atomic mass is 9.99. The van der Waals surface area contributed by atoms with Crippen LogP contribution in [0.2, 0.25) is 0 Å². The van der Waals surface area contributed by atoms with Gasteiger partial charge in [-0.2, -0.15) is 0 Å². The summed E-state index contributed by atoms with van der Waals surface area (Å²) < 4.78 is 5.23. The van der Waals surface area contributed by atoms with Crippen molar-refractivity contribution >= 4 is 23.5 Å². The molecular formula is C16H20N2O5. The van der Waals surface area contributed by atoms with E-state index in [4.69, 9.17) is 9.84 Å². The number of carboxylic acid groups (broad SMARTS) is 1. The third kappa shape index (κ3) is 5.71. The standard InChI is InChI=1S/C16H20N2O5/c19-14(17-10-15(20)21)9-11-1-3-13(4-2-11)18-16(22)12-5-7-23-8-6-12/h1-4,12H,5-10H2,(H,17,19)(H,18,22)(H,20,21). The summed E-state index contributed by atoms with van der Waals surface area (Å²) in [6, 6.07) is 6.94. The minimum atomic E-state index is -1.08. The Labute approximate surface area is 134 Å². The zero-order valence-corrected chi connectivity index (χ0v) is 12.7. The molecule has 0 saturated carbocycles. The van der Waals surface area contributed by atoms with Gasteiger partial charge in [0.25, 0.3) is 0 Å². The lowest BCUT2D eigenvalue weighted by Crippen LogP contribution is -2.30. The Kier molecular flexibility index (Phi) is 6.10. The Morgan fingerprint density at radius 3 is 2.39 bits per heavy atom. The van der Waals surface area contributed by atoms with Gasteiger partial charge < -0.3 is 20.5 Å². The van der Waals surface area contributed by atoms with Crippen LogP contribution in [0.15, 0.2) is 24.3 Å². The van der Waals surface area contributed by atoms with Crippen molar-refractivity contribution in [1.82, 2.24) is 5.32 Å². The third-order valence-corrected chi connectivity index (χ3v) is 3.62. The molecule has 1 aromatic rings. The molecule has 2 rings (SSSR count). The Morgan fingerprint density at radius 2 is 1.78 bits per heavy atom. The van der Waals surface area contributed by atoms with Gasteiger partial charge in [0.15, 0.2) is 0 Å². The summed E-state index contributed by atoms with van der Waals surface area (Å²) in [6.45, 7) is 0.836. The number of carboxylic acids is 1. The first-order valence-electron chi connectivity index (χ1n) is 7.50. The molecule has 0 bridgehead atoms. The molecule has 0 radical (unpaired) electrons. The first-order chi connectivity index (χ1) is 11.0. The van der Waals surface area contributed by atoms with E-state index in [9.17, 15) is 14.4 Å². The van der Waals surface area contributed by atoms with Crippen molar-refractivity contribution in [3.05, 3.63) is 29.8 Å². The smallest absolute Gasteiger partial charge is 0.322 e. The molecule has 1 heterocycles. The van der Waals surface area contributed by atoms with Crippen LogP contribution >= 0.6 is 0 Å². The van der Waals surface area contributed by atoms with Gasteiger partial charge in [0.05, 0.1) is 6.42 Å². The highest BCUT2D eigenvalue weighted by atomic mass is 16.5. The fourth-order valence-electron chi connectivity index (χ4n) is 2.33. The predicted molar refractivity (Wildman–Crippen MR) is 83.0 cm³/mol. The SMILES string of the molecule is O=C(O)CNC(=O)Cc1ccc(NC(=O)C2CCOCC2)cc1. The second-order valence-corrected chi connectivity index (χ2v) is 5.42. The average Bonchev–Trinajstić information content (AvgIpc) is 2.55. The van der Waals surface area contributed by atoms with Gasteiger partial charge in [-0.3, -0.25) is 14.4 Å². The van der Waals surface area contributed by atoms with Crippen LogP contribution in [0.3, 0.4) is 0 Å². The second-order valence-electron chi connectivity index (χ2n) is 5.42. The fourth-order valence-corrected chi connectivity index (χ4v) is 2.33. The molecular weight excluding hydrogens is 300 g/mol. The van der Waals surface area contributed by atoms with E-state index in [2.05, 4.69) is 10.6 Å². The van der Waals surface area contributed by atoms with Crippen molar-refractivity contribution in [3.8, 4) is 0 Å². The Balaban J connectivity index is 1.82. The Hall–Kier alpha value is -2.41. The Morgan fingerprint density at radius 1 is 1.13 bits per heavy atom. The maximum Gasteiger partial charge on any atom is 0.322 e. The minimum Gasteiger partial charge on any atom is -0.480 e. The van der Waals surface area contributed by atoms with E-state index >= 15 is 0 Å². The lowest BCUT2D eigenvalue weighted by Gasteiger charge is -2.21. The number of benzene rings is 1. The zero-order chi connectivity index (χ0) is 16.7. The highest BCUT2D eigenvalue weighted by Gasteiger charge is 2.21. The number of carbonyl (C=O) groups is 3. The number of ether oxygens (including phenoxy) is 1. The minimum absolute atomic E-state index is 0.0137. The molecule has 0 spiro atoms. The molecule has 0 aromatic heterocycles. The average molecular weight is 320 g/mol. The van der Waals surface area contributed by atoms with E-state index < -0.39 is 12.5 Å². The van der Waals surface area contributed by atoms with Crippen molar-refractivity contribution in [3.63, 3.8) is 0 Å². The van der Waals surface area contributed by atoms with Crippen LogP contribution in [0.4, 0.5) is 5.69 Å². The van der Waals surface area contributed by atoms with Gasteiger partial charge >= 0.3 is 5.97 Å². The predicted octanol–water partition coefficient (Wildman–Crippen LogP) is 0.795. The molecule has 2 amide bonds. The number of rotatable bonds is 6. The van der Waals surface area contributed by atoms with Gasteiger partial charge in [-0.25, -0.2) is 0 Å². The summed E-state index contributed by atoms with van der Waals surface area (Å²) in [5.41, 5.74) is 1.42. The molecule has 23 heavy (non-hydrogen) atoms. The molecule has 1 saturated heterocycles. The highest BCUT2D eigenvalue weighted by molar-refractivity contribution is 5.92. The van der Waals surface area contributed by atoms with Crippen LogP contribution in [0.1, 0.15) is 18.4 Å². The number of carbonyl (C=O) groups excluding carboxylic acids is 2. The molecule has 7 nitrogen and oxygen atoms in total. The molecule has 0 aliphatic carbocycles. The molecule has 124 valence electrons. The quantitative estimate of drug-likeness (QED) is 0.719. The van der Waals surface area contributed by atoms with E-state index in [1.54, 1.807) is 24.3 Å². The summed E-state index contributed by atoms with van der Waals surface area (Å²) in [7, 11) is 0. The van der Waals surface area contributed by atoms with E-state index in [0.717, 1.165) is 18.4 Å². The van der Waals surface area contributed by atoms with E-state index in [1.807, 2.05) is 0 Å². The highest BCUT2D eigenvalue weighted by Crippen LogP contribution is 2.18. The Bertz CT molecular complexity index is 564. The molecule has 7 heteroatoms. The van der Waals surface area contributed by atoms with Crippen LogP contribution < -0.4 is 10.6 Å². The molecule has 0 unspecified atom stereocenters. The fraction of sp³-hybridized carbons (Fsp3) is 0.438. The van der Waals surface area contributed by atoms with E-state index in [-0.39, 0.29) is 24.2 Å². The molecule has 1 aromatic carbocycles. The van der Waals surface area contributed by atoms with Gasteiger partial charge in [0.2, 0.25) is 11.8 Å². The van der Waals surface area contributed by atoms with Crippen LogP contribution in [0.5, 0.6) is 0 Å². The van der Waals surface area contributed by atoms with Gasteiger partial charge in [-0.15, -0.1) is 0 Å². The van der Waals surface area contributed by atoms with Gasteiger partial charge in [0.1, 0.15) is 6.54 Å². The monoisotopic (exact) mass is 320 g/mol. The van der Waals surface area contributed by atoms with Gasteiger partial charge in [-0.1, -0.05) is 12.1 Å². The van der Waals surface area contributed by atoms with Crippen molar-refractivity contribution in [2.24, 2.45) is 5.92 Å². The largest absolute Gasteiger partial charge is 0.480 e. The maximum absolute atomic E-state index is 12.1. The second kappa shape index (κ2) is 8.28. The number of aliphatic carboxylic acids is 1. The maximum atomic E-state index is 12.1. The summed E-state index contributed by atoms with van der Waals surface area (Å²) in [5, 5.41) is 13.7. The van der Waals surface area contributed by atoms with Crippen LogP contribution in [0, 0.1) is 5.92 Å². The van der Waals surface area contributed by atoms with Crippen molar-refractivity contribution in [1.29, 1.82) is 0 Å². The third-order valence-electron chi connectivity index (χ3n) is 3.62. The summed E-state index contributed by atoms with van der Waals surface area (Å²) >= 11 is 0. The molecule has 3 N–H and O–H groups in total. The van der Waals surface area contributed by atoms with Gasteiger partial charge in [-0.05, 0) is 30.5 Å². The summed E-state index contributed by atoms with van der Waals surface area (Å²) in [6.07, 6.45) is 1.56. The number of amides is 2. The summed E-state index contributed by atoms with van der Waals surface area (Å²) in [4.78, 5) is 34.0. The molecule has 1 aliphatic heterocycles. The summed E-state index contributed by atoms with van der Waals surface area (Å²) in [5.74, 6) is -1.47. The van der Waals surface area contributed by atoms with Crippen molar-refractivity contribution in [2.75, 3.05) is 25.1 Å². The topological polar surface area (TPSA) is 105 Å². The number of nitrogens with one attached hydrogen (secondary N) is 2. The zero-order valence-electron chi connectivity index (χ0n) is 12.7. The number of anilines is 1. The van der Waals surface area contributed by atoms with Crippen LogP contribution in [0.25, 0.3) is 0 Å². The molecule has 1 fully saturated rings. The van der Waals surface area contributed by atoms with Crippen molar-refractivity contribution < 1.29 is 24.2 Å². The molecule has 1 aliphatic rings. The molecule has 0 atom stereocenters. The van der Waals surface area contributed by atoms with Crippen LogP contribution in [-0.2, 0) is 25.5 Å². The number of hydrogen-bond donors (Lipinski definition) is 3. The first-order valence-corrected chi connectivity index (χ1v) is 7.50. The normalized spacial score (nSPS) is 15.0. The van der Waals surface area contributed by atoms with E-state index in [0.29, 0.717) is 18.9 Å².